The van der Waals surface area contributed by atoms with Gasteiger partial charge in [0.05, 0.1) is 6.04 Å². The molecule has 1 heterocycles. The van der Waals surface area contributed by atoms with Crippen LogP contribution in [0, 0.1) is 28.6 Å². The summed E-state index contributed by atoms with van der Waals surface area (Å²) in [5, 5.41) is 18.6. The number of anilines is 2. The van der Waals surface area contributed by atoms with E-state index < -0.39 is 17.9 Å². The number of nitrogen functional groups attached to an aromatic ring is 1. The van der Waals surface area contributed by atoms with Crippen molar-refractivity contribution in [2.24, 2.45) is 23.5 Å². The Hall–Kier alpha value is -2.51. The molecular formula is C19H22F3N5. The third kappa shape index (κ3) is 2.53. The van der Waals surface area contributed by atoms with Gasteiger partial charge in [0.1, 0.15) is 5.70 Å². The first kappa shape index (κ1) is 17.9. The van der Waals surface area contributed by atoms with Crippen molar-refractivity contribution in [3.63, 3.8) is 0 Å². The molecule has 0 radical (unpaired) electrons. The van der Waals surface area contributed by atoms with E-state index in [2.05, 4.69) is 5.32 Å². The number of rotatable bonds is 3. The van der Waals surface area contributed by atoms with Gasteiger partial charge in [0.2, 0.25) is 0 Å². The Kier molecular flexibility index (Phi) is 3.98. The predicted molar refractivity (Wildman–Crippen MR) is 99.3 cm³/mol. The zero-order valence-electron chi connectivity index (χ0n) is 14.6. The third-order valence-corrected chi connectivity index (χ3v) is 6.58. The lowest BCUT2D eigenvalue weighted by atomic mass is 9.66. The lowest BCUT2D eigenvalue weighted by Gasteiger charge is -2.44. The second-order valence-corrected chi connectivity index (χ2v) is 7.74. The van der Waals surface area contributed by atoms with Crippen molar-refractivity contribution >= 4 is 23.8 Å². The molecule has 1 aromatic rings. The van der Waals surface area contributed by atoms with Crippen molar-refractivity contribution < 1.29 is 13.2 Å². The van der Waals surface area contributed by atoms with Gasteiger partial charge in [-0.05, 0) is 60.6 Å². The van der Waals surface area contributed by atoms with Crippen LogP contribution in [0.25, 0.3) is 0 Å². The minimum absolute atomic E-state index is 0.0288. The van der Waals surface area contributed by atoms with Gasteiger partial charge in [-0.15, -0.1) is 0 Å². The fourth-order valence-corrected chi connectivity index (χ4v) is 5.59. The fourth-order valence-electron chi connectivity index (χ4n) is 5.59. The molecule has 5 atom stereocenters. The van der Waals surface area contributed by atoms with Crippen LogP contribution < -0.4 is 16.8 Å². The van der Waals surface area contributed by atoms with Gasteiger partial charge in [0, 0.05) is 34.9 Å². The Morgan fingerprint density at radius 1 is 1.19 bits per heavy atom. The number of hydrogen-bond acceptors (Lipinski definition) is 5. The molecule has 27 heavy (non-hydrogen) atoms. The van der Waals surface area contributed by atoms with E-state index in [-0.39, 0.29) is 23.3 Å². The number of alkyl halides is 3. The van der Waals surface area contributed by atoms with Gasteiger partial charge in [-0.1, -0.05) is 0 Å². The summed E-state index contributed by atoms with van der Waals surface area (Å²) in [4.78, 5) is 0. The second kappa shape index (κ2) is 6.00. The Labute approximate surface area is 155 Å². The number of allylic oxidation sites excluding steroid dienone is 1. The summed E-state index contributed by atoms with van der Waals surface area (Å²) in [6.07, 6.45) is 0.251. The van der Waals surface area contributed by atoms with Crippen molar-refractivity contribution in [1.29, 1.82) is 10.8 Å². The summed E-state index contributed by atoms with van der Waals surface area (Å²) in [5.41, 5.74) is 12.9. The van der Waals surface area contributed by atoms with E-state index in [4.69, 9.17) is 22.3 Å². The third-order valence-electron chi connectivity index (χ3n) is 6.58. The van der Waals surface area contributed by atoms with E-state index in [0.717, 1.165) is 31.0 Å². The molecule has 0 amide bonds. The van der Waals surface area contributed by atoms with Gasteiger partial charge in [-0.2, -0.15) is 13.2 Å². The number of benzene rings is 1. The number of nitrogens with two attached hydrogens (primary N) is 2. The second-order valence-electron chi connectivity index (χ2n) is 7.74. The lowest BCUT2D eigenvalue weighted by molar-refractivity contribution is -0.0935. The normalized spacial score (nSPS) is 32.2. The summed E-state index contributed by atoms with van der Waals surface area (Å²) in [6, 6.07) is 2.76. The molecule has 5 nitrogen and oxygen atoms in total. The Bertz CT molecular complexity index is 844. The minimum Gasteiger partial charge on any atom is -0.398 e. The monoisotopic (exact) mass is 377 g/mol. The molecule has 8 heteroatoms. The van der Waals surface area contributed by atoms with E-state index in [0.29, 0.717) is 22.9 Å². The summed E-state index contributed by atoms with van der Waals surface area (Å²) < 4.78 is 39.8. The highest BCUT2D eigenvalue weighted by Gasteiger charge is 2.55. The molecule has 2 bridgehead atoms. The molecule has 0 unspecified atom stereocenters. The van der Waals surface area contributed by atoms with Crippen molar-refractivity contribution in [2.75, 3.05) is 11.1 Å². The van der Waals surface area contributed by atoms with Crippen molar-refractivity contribution in [3.05, 3.63) is 34.5 Å². The smallest absolute Gasteiger partial charge is 0.398 e. The molecule has 0 saturated heterocycles. The highest BCUT2D eigenvalue weighted by atomic mass is 19.4. The molecule has 1 aliphatic heterocycles. The van der Waals surface area contributed by atoms with Gasteiger partial charge < -0.3 is 27.6 Å². The molecule has 2 fully saturated rings. The maximum Gasteiger partial charge on any atom is 0.431 e. The zero-order valence-corrected chi connectivity index (χ0v) is 14.6. The maximum atomic E-state index is 13.3. The number of nitrogens with one attached hydrogen (secondary N) is 3. The first-order chi connectivity index (χ1) is 12.8. The topological polar surface area (TPSA) is 112 Å². The van der Waals surface area contributed by atoms with Gasteiger partial charge >= 0.3 is 6.18 Å². The van der Waals surface area contributed by atoms with Crippen molar-refractivity contribution in [3.8, 4) is 0 Å². The minimum atomic E-state index is -4.68. The predicted octanol–water partition coefficient (Wildman–Crippen LogP) is 3.61. The van der Waals surface area contributed by atoms with E-state index in [1.165, 1.54) is 6.21 Å². The van der Waals surface area contributed by atoms with E-state index in [1.54, 1.807) is 12.1 Å². The summed E-state index contributed by atoms with van der Waals surface area (Å²) >= 11 is 0. The van der Waals surface area contributed by atoms with E-state index >= 15 is 0 Å². The van der Waals surface area contributed by atoms with E-state index in [1.807, 2.05) is 0 Å². The molecule has 4 rings (SSSR count). The van der Waals surface area contributed by atoms with Gasteiger partial charge in [-0.3, -0.25) is 0 Å². The number of halogens is 3. The van der Waals surface area contributed by atoms with Gasteiger partial charge in [0.15, 0.2) is 0 Å². The number of fused-ring (bicyclic) bond motifs is 7. The zero-order chi connectivity index (χ0) is 19.5. The summed E-state index contributed by atoms with van der Waals surface area (Å²) in [6.45, 7) is 0. The average molecular weight is 377 g/mol. The maximum absolute atomic E-state index is 13.3. The molecule has 2 saturated carbocycles. The molecule has 2 aliphatic carbocycles. The Morgan fingerprint density at radius 2 is 1.89 bits per heavy atom. The number of hydrogen-bond donors (Lipinski definition) is 5. The fraction of sp³-hybridized carbons (Fsp3) is 0.474. The largest absolute Gasteiger partial charge is 0.431 e. The Balaban J connectivity index is 1.90. The van der Waals surface area contributed by atoms with Crippen molar-refractivity contribution in [2.45, 2.75) is 37.4 Å². The molecule has 7 N–H and O–H groups in total. The molecular weight excluding hydrogens is 355 g/mol. The first-order valence-electron chi connectivity index (χ1n) is 9.04. The highest BCUT2D eigenvalue weighted by Crippen LogP contribution is 2.62. The quantitative estimate of drug-likeness (QED) is 0.410. The first-order valence-corrected chi connectivity index (χ1v) is 9.04. The molecule has 0 aromatic heterocycles. The molecule has 144 valence electrons. The Morgan fingerprint density at radius 3 is 2.52 bits per heavy atom. The van der Waals surface area contributed by atoms with Crippen molar-refractivity contribution in [1.82, 2.24) is 0 Å². The van der Waals surface area contributed by atoms with Gasteiger partial charge in [-0.25, -0.2) is 0 Å². The van der Waals surface area contributed by atoms with Crippen LogP contribution in [0.1, 0.15) is 36.3 Å². The molecule has 3 aliphatic rings. The lowest BCUT2D eigenvalue weighted by Crippen LogP contribution is -2.45. The van der Waals surface area contributed by atoms with E-state index in [9.17, 15) is 13.2 Å². The van der Waals surface area contributed by atoms with Crippen LogP contribution in [-0.4, -0.2) is 24.6 Å². The molecule has 1 aromatic carbocycles. The van der Waals surface area contributed by atoms with Crippen LogP contribution in [0.3, 0.4) is 0 Å². The summed E-state index contributed by atoms with van der Waals surface area (Å²) in [7, 11) is 0. The van der Waals surface area contributed by atoms with Crippen LogP contribution in [0.2, 0.25) is 0 Å². The highest BCUT2D eigenvalue weighted by molar-refractivity contribution is 5.91. The standard InChI is InChI=1S/C19H22F3N5/c20-19(21,22)18(26)11(7-24)17-15-9-2-1-8(5-9)14(15)16-10(6-23)12(25)3-4-13(16)27-17/h3-4,6-9,14-15,17,23-24,27H,1-2,5,25-26H2/b18-11+,23-6?,24-7?/t8-,9-,14+,15-,17+/m1/s1. The average Bonchev–Trinajstić information content (AvgIpc) is 3.23. The summed E-state index contributed by atoms with van der Waals surface area (Å²) in [5.74, 6) is 0.583. The van der Waals surface area contributed by atoms with Crippen LogP contribution in [0.4, 0.5) is 24.5 Å². The molecule has 0 spiro atoms. The van der Waals surface area contributed by atoms with Crippen LogP contribution in [0.5, 0.6) is 0 Å². The van der Waals surface area contributed by atoms with Crippen LogP contribution in [0.15, 0.2) is 23.4 Å². The van der Waals surface area contributed by atoms with Gasteiger partial charge in [0.25, 0.3) is 0 Å². The SMILES string of the molecule is N=C/C(=C(\N)C(F)(F)F)[C@@H]1Nc2ccc(N)c(C=N)c2[C@H]2[C@@H]3CC[C@H](C3)[C@H]21. The van der Waals surface area contributed by atoms with Crippen LogP contribution >= 0.6 is 0 Å². The van der Waals surface area contributed by atoms with Crippen LogP contribution in [-0.2, 0) is 0 Å².